The first kappa shape index (κ1) is 10.9. The second-order valence-electron chi connectivity index (χ2n) is 4.83. The lowest BCUT2D eigenvalue weighted by Gasteiger charge is -2.42. The fraction of sp³-hybridized carbons (Fsp3) is 0.538. The number of phenols is 2. The number of phenolic OH excluding ortho intramolecular Hbond substituents is 2. The van der Waals surface area contributed by atoms with E-state index in [4.69, 9.17) is 4.74 Å². The highest BCUT2D eigenvalue weighted by atomic mass is 16.5. The van der Waals surface area contributed by atoms with Crippen LogP contribution in [0.3, 0.4) is 0 Å². The largest absolute Gasteiger partial charge is 0.504 e. The van der Waals surface area contributed by atoms with Crippen LogP contribution in [-0.2, 0) is 16.8 Å². The minimum atomic E-state index is -0.309. The van der Waals surface area contributed by atoms with Gasteiger partial charge >= 0.3 is 0 Å². The minimum Gasteiger partial charge on any atom is -0.504 e. The average Bonchev–Trinajstić information content (AvgIpc) is 2.36. The summed E-state index contributed by atoms with van der Waals surface area (Å²) in [5.74, 6) is -0.0136. The van der Waals surface area contributed by atoms with Crippen LogP contribution in [0.4, 0.5) is 0 Å². The number of ether oxygens (including phenoxy) is 1. The van der Waals surface area contributed by atoms with E-state index in [0.717, 1.165) is 43.5 Å². The molecule has 1 saturated heterocycles. The van der Waals surface area contributed by atoms with E-state index in [1.165, 1.54) is 0 Å². The van der Waals surface area contributed by atoms with Gasteiger partial charge in [0.15, 0.2) is 11.5 Å². The lowest BCUT2D eigenvalue weighted by atomic mass is 9.78. The molecule has 1 atom stereocenters. The minimum absolute atomic E-state index is 0.0238. The summed E-state index contributed by atoms with van der Waals surface area (Å²) < 4.78 is 5.97. The van der Waals surface area contributed by atoms with E-state index in [0.29, 0.717) is 6.61 Å². The molecular weight excluding hydrogens is 218 g/mol. The predicted octanol–water partition coefficient (Wildman–Crippen LogP) is 1.25. The van der Waals surface area contributed by atoms with E-state index in [2.05, 4.69) is 5.32 Å². The van der Waals surface area contributed by atoms with Crippen LogP contribution in [0.1, 0.15) is 24.0 Å². The number of aromatic hydroxyl groups is 2. The lowest BCUT2D eigenvalue weighted by Crippen LogP contribution is -2.49. The van der Waals surface area contributed by atoms with Gasteiger partial charge < -0.3 is 20.3 Å². The van der Waals surface area contributed by atoms with Crippen molar-refractivity contribution >= 4 is 0 Å². The lowest BCUT2D eigenvalue weighted by molar-refractivity contribution is -0.0821. The average molecular weight is 235 g/mol. The van der Waals surface area contributed by atoms with Crippen molar-refractivity contribution in [1.82, 2.24) is 5.32 Å². The van der Waals surface area contributed by atoms with E-state index in [-0.39, 0.29) is 17.1 Å². The van der Waals surface area contributed by atoms with Gasteiger partial charge in [-0.25, -0.2) is 0 Å². The second kappa shape index (κ2) is 3.89. The van der Waals surface area contributed by atoms with Crippen LogP contribution in [0, 0.1) is 0 Å². The molecule has 2 aliphatic rings. The molecule has 0 amide bonds. The van der Waals surface area contributed by atoms with Crippen LogP contribution in [0.25, 0.3) is 0 Å². The summed E-state index contributed by atoms with van der Waals surface area (Å²) in [6, 6.07) is 3.44. The molecule has 1 fully saturated rings. The van der Waals surface area contributed by atoms with Gasteiger partial charge in [-0.15, -0.1) is 0 Å². The Morgan fingerprint density at radius 1 is 1.29 bits per heavy atom. The molecule has 4 nitrogen and oxygen atoms in total. The number of hydrogen-bond acceptors (Lipinski definition) is 4. The Balaban J connectivity index is 2.10. The van der Waals surface area contributed by atoms with E-state index < -0.39 is 0 Å². The van der Waals surface area contributed by atoms with Crippen molar-refractivity contribution in [3.63, 3.8) is 0 Å². The number of nitrogens with one attached hydrogen (secondary N) is 1. The number of rotatable bonds is 0. The second-order valence-corrected chi connectivity index (χ2v) is 4.83. The molecule has 1 aliphatic heterocycles. The third-order valence-electron chi connectivity index (χ3n) is 3.83. The summed E-state index contributed by atoms with van der Waals surface area (Å²) in [7, 11) is 0. The van der Waals surface area contributed by atoms with Gasteiger partial charge in [0.05, 0.1) is 6.61 Å². The highest BCUT2D eigenvalue weighted by molar-refractivity contribution is 5.52. The van der Waals surface area contributed by atoms with E-state index >= 15 is 0 Å². The Kier molecular flexibility index (Phi) is 2.49. The summed E-state index contributed by atoms with van der Waals surface area (Å²) >= 11 is 0. The molecule has 1 aromatic carbocycles. The number of hydrogen-bond donors (Lipinski definition) is 3. The van der Waals surface area contributed by atoms with Gasteiger partial charge in [-0.05, 0) is 30.9 Å². The molecule has 4 heteroatoms. The van der Waals surface area contributed by atoms with Crippen LogP contribution in [-0.4, -0.2) is 29.9 Å². The first-order valence-electron chi connectivity index (χ1n) is 6.12. The molecule has 3 rings (SSSR count). The molecule has 1 spiro atoms. The van der Waals surface area contributed by atoms with Crippen molar-refractivity contribution in [3.05, 3.63) is 23.3 Å². The first-order valence-corrected chi connectivity index (χ1v) is 6.12. The molecule has 1 heterocycles. The fourth-order valence-electron chi connectivity index (χ4n) is 2.98. The normalized spacial score (nSPS) is 28.0. The Morgan fingerprint density at radius 3 is 2.94 bits per heavy atom. The quantitative estimate of drug-likeness (QED) is 0.592. The van der Waals surface area contributed by atoms with Gasteiger partial charge in [-0.1, -0.05) is 6.07 Å². The SMILES string of the molecule is Oc1ccc2c(c1O)CCCC21CNCCO1. The van der Waals surface area contributed by atoms with Crippen LogP contribution in [0.15, 0.2) is 12.1 Å². The Hall–Kier alpha value is -1.26. The molecule has 92 valence electrons. The zero-order chi connectivity index (χ0) is 11.9. The molecule has 0 aromatic heterocycles. The molecule has 1 aliphatic carbocycles. The maximum absolute atomic E-state index is 9.93. The molecular formula is C13H17NO3. The summed E-state index contributed by atoms with van der Waals surface area (Å²) in [6.45, 7) is 2.35. The Bertz CT molecular complexity index is 439. The van der Waals surface area contributed by atoms with Gasteiger partial charge in [-0.2, -0.15) is 0 Å². The smallest absolute Gasteiger partial charge is 0.161 e. The molecule has 3 N–H and O–H groups in total. The van der Waals surface area contributed by atoms with E-state index in [1.54, 1.807) is 6.07 Å². The molecule has 17 heavy (non-hydrogen) atoms. The van der Waals surface area contributed by atoms with Gasteiger partial charge in [0, 0.05) is 18.7 Å². The fourth-order valence-corrected chi connectivity index (χ4v) is 2.98. The molecule has 0 saturated carbocycles. The standard InChI is InChI=1S/C13H17NO3/c15-11-4-3-10-9(12(11)16)2-1-5-13(10)8-14-6-7-17-13/h3-4,14-16H,1-2,5-8H2. The zero-order valence-electron chi connectivity index (χ0n) is 9.70. The number of fused-ring (bicyclic) bond motifs is 2. The third-order valence-corrected chi connectivity index (χ3v) is 3.83. The van der Waals surface area contributed by atoms with Crippen molar-refractivity contribution in [1.29, 1.82) is 0 Å². The van der Waals surface area contributed by atoms with Crippen molar-refractivity contribution < 1.29 is 14.9 Å². The molecule has 1 unspecified atom stereocenters. The maximum atomic E-state index is 9.93. The highest BCUT2D eigenvalue weighted by Crippen LogP contribution is 2.44. The maximum Gasteiger partial charge on any atom is 0.161 e. The Morgan fingerprint density at radius 2 is 2.18 bits per heavy atom. The Labute approximate surface area is 100 Å². The van der Waals surface area contributed by atoms with Crippen molar-refractivity contribution in [2.24, 2.45) is 0 Å². The highest BCUT2D eigenvalue weighted by Gasteiger charge is 2.40. The summed E-state index contributed by atoms with van der Waals surface area (Å²) in [4.78, 5) is 0. The van der Waals surface area contributed by atoms with Crippen LogP contribution < -0.4 is 5.32 Å². The molecule has 0 bridgehead atoms. The van der Waals surface area contributed by atoms with Crippen molar-refractivity contribution in [2.75, 3.05) is 19.7 Å². The van der Waals surface area contributed by atoms with Crippen LogP contribution >= 0.6 is 0 Å². The van der Waals surface area contributed by atoms with Gasteiger partial charge in [-0.3, -0.25) is 0 Å². The summed E-state index contributed by atoms with van der Waals surface area (Å²) in [5, 5.41) is 22.8. The van der Waals surface area contributed by atoms with E-state index in [1.807, 2.05) is 6.07 Å². The van der Waals surface area contributed by atoms with Crippen molar-refractivity contribution in [2.45, 2.75) is 24.9 Å². The zero-order valence-corrected chi connectivity index (χ0v) is 9.70. The third kappa shape index (κ3) is 1.59. The van der Waals surface area contributed by atoms with Gasteiger partial charge in [0.1, 0.15) is 5.60 Å². The first-order chi connectivity index (χ1) is 8.23. The van der Waals surface area contributed by atoms with Crippen molar-refractivity contribution in [3.8, 4) is 11.5 Å². The van der Waals surface area contributed by atoms with Crippen LogP contribution in [0.5, 0.6) is 11.5 Å². The van der Waals surface area contributed by atoms with Crippen LogP contribution in [0.2, 0.25) is 0 Å². The van der Waals surface area contributed by atoms with Gasteiger partial charge in [0.25, 0.3) is 0 Å². The predicted molar refractivity (Wildman–Crippen MR) is 63.2 cm³/mol. The summed E-state index contributed by atoms with van der Waals surface area (Å²) in [6.07, 6.45) is 2.75. The number of morpholine rings is 1. The number of benzene rings is 1. The monoisotopic (exact) mass is 235 g/mol. The van der Waals surface area contributed by atoms with Gasteiger partial charge in [0.2, 0.25) is 0 Å². The molecule has 0 radical (unpaired) electrons. The topological polar surface area (TPSA) is 61.7 Å². The summed E-state index contributed by atoms with van der Waals surface area (Å²) in [5.41, 5.74) is 1.57. The molecule has 1 aromatic rings. The van der Waals surface area contributed by atoms with E-state index in [9.17, 15) is 10.2 Å².